The van der Waals surface area contributed by atoms with Gasteiger partial charge in [-0.2, -0.15) is 0 Å². The van der Waals surface area contributed by atoms with Crippen LogP contribution >= 0.6 is 15.9 Å². The molecule has 5 nitrogen and oxygen atoms in total. The number of nitrogens with zero attached hydrogens (tertiary/aromatic N) is 1. The summed E-state index contributed by atoms with van der Waals surface area (Å²) < 4.78 is 28.7. The van der Waals surface area contributed by atoms with Crippen LogP contribution in [-0.2, 0) is 10.0 Å². The van der Waals surface area contributed by atoms with Gasteiger partial charge in [-0.3, -0.25) is 0 Å². The molecule has 1 aromatic rings. The Morgan fingerprint density at radius 1 is 1.29 bits per heavy atom. The third kappa shape index (κ3) is 4.18. The lowest BCUT2D eigenvalue weighted by Crippen LogP contribution is -2.52. The van der Waals surface area contributed by atoms with Crippen LogP contribution in [-0.4, -0.2) is 34.6 Å². The van der Waals surface area contributed by atoms with Crippen molar-refractivity contribution < 1.29 is 8.42 Å². The summed E-state index contributed by atoms with van der Waals surface area (Å²) in [7, 11) is 0.0963. The first kappa shape index (κ1) is 18.4. The fourth-order valence-electron chi connectivity index (χ4n) is 2.04. The first-order valence-electron chi connectivity index (χ1n) is 6.92. The molecule has 120 valence electrons. The van der Waals surface area contributed by atoms with Gasteiger partial charge in [-0.05, 0) is 47.0 Å². The molecule has 0 aliphatic rings. The summed E-state index contributed by atoms with van der Waals surface area (Å²) in [6.07, 6.45) is 1.29. The summed E-state index contributed by atoms with van der Waals surface area (Å²) in [5.74, 6) is 0. The van der Waals surface area contributed by atoms with E-state index >= 15 is 0 Å². The largest absolute Gasteiger partial charge is 0.378 e. The van der Waals surface area contributed by atoms with Crippen molar-refractivity contribution in [1.29, 1.82) is 0 Å². The molecular formula is C14H24BrN3O2S. The van der Waals surface area contributed by atoms with Crippen molar-refractivity contribution in [2.45, 2.75) is 37.1 Å². The minimum Gasteiger partial charge on any atom is -0.378 e. The minimum atomic E-state index is -3.64. The van der Waals surface area contributed by atoms with E-state index in [0.29, 0.717) is 17.3 Å². The molecule has 3 N–H and O–H groups in total. The van der Waals surface area contributed by atoms with Crippen LogP contribution in [0.25, 0.3) is 0 Å². The van der Waals surface area contributed by atoms with Crippen molar-refractivity contribution in [3.8, 4) is 0 Å². The number of sulfonamides is 1. The van der Waals surface area contributed by atoms with Crippen LogP contribution in [0, 0.1) is 0 Å². The predicted octanol–water partition coefficient (Wildman–Crippen LogP) is 2.31. The van der Waals surface area contributed by atoms with E-state index in [0.717, 1.165) is 5.69 Å². The molecule has 0 radical (unpaired) electrons. The van der Waals surface area contributed by atoms with Crippen LogP contribution < -0.4 is 15.4 Å². The van der Waals surface area contributed by atoms with Crippen molar-refractivity contribution in [1.82, 2.24) is 4.72 Å². The average Bonchev–Trinajstić information content (AvgIpc) is 2.45. The molecule has 0 unspecified atom stereocenters. The number of hydrogen-bond donors (Lipinski definition) is 2. The normalized spacial score (nSPS) is 12.5. The van der Waals surface area contributed by atoms with Crippen LogP contribution in [0.1, 0.15) is 26.7 Å². The highest BCUT2D eigenvalue weighted by molar-refractivity contribution is 9.10. The summed E-state index contributed by atoms with van der Waals surface area (Å²) in [5.41, 5.74) is 6.00. The Morgan fingerprint density at radius 3 is 2.29 bits per heavy atom. The van der Waals surface area contributed by atoms with Crippen molar-refractivity contribution in [2.24, 2.45) is 5.73 Å². The number of rotatable bonds is 7. The van der Waals surface area contributed by atoms with Gasteiger partial charge in [0.25, 0.3) is 0 Å². The fourth-order valence-corrected chi connectivity index (χ4v) is 4.58. The number of anilines is 1. The molecule has 0 saturated heterocycles. The molecule has 0 aromatic heterocycles. The first-order chi connectivity index (χ1) is 9.71. The maximum atomic E-state index is 12.7. The van der Waals surface area contributed by atoms with Gasteiger partial charge in [0.2, 0.25) is 10.0 Å². The zero-order valence-electron chi connectivity index (χ0n) is 13.0. The van der Waals surface area contributed by atoms with Gasteiger partial charge in [0.15, 0.2) is 0 Å². The Balaban J connectivity index is 3.28. The van der Waals surface area contributed by atoms with Crippen LogP contribution in [0.15, 0.2) is 27.6 Å². The maximum absolute atomic E-state index is 12.7. The molecule has 0 aliphatic carbocycles. The van der Waals surface area contributed by atoms with Gasteiger partial charge >= 0.3 is 0 Å². The number of nitrogens with one attached hydrogen (secondary N) is 1. The second-order valence-electron chi connectivity index (χ2n) is 5.31. The van der Waals surface area contributed by atoms with Crippen LogP contribution in [0.4, 0.5) is 5.69 Å². The van der Waals surface area contributed by atoms with Gasteiger partial charge in [-0.1, -0.05) is 13.8 Å². The lowest BCUT2D eigenvalue weighted by Gasteiger charge is -2.31. The summed E-state index contributed by atoms with van der Waals surface area (Å²) in [6.45, 7) is 4.14. The quantitative estimate of drug-likeness (QED) is 0.764. The van der Waals surface area contributed by atoms with Crippen molar-refractivity contribution in [2.75, 3.05) is 25.5 Å². The third-order valence-electron chi connectivity index (χ3n) is 3.82. The summed E-state index contributed by atoms with van der Waals surface area (Å²) in [4.78, 5) is 2.09. The van der Waals surface area contributed by atoms with Gasteiger partial charge < -0.3 is 10.6 Å². The number of halogens is 1. The monoisotopic (exact) mass is 377 g/mol. The van der Waals surface area contributed by atoms with Gasteiger partial charge in [0.1, 0.15) is 0 Å². The zero-order valence-corrected chi connectivity index (χ0v) is 15.4. The molecule has 0 saturated carbocycles. The first-order valence-corrected chi connectivity index (χ1v) is 9.20. The van der Waals surface area contributed by atoms with E-state index in [9.17, 15) is 8.42 Å². The van der Waals surface area contributed by atoms with E-state index in [2.05, 4.69) is 20.7 Å². The van der Waals surface area contributed by atoms with Gasteiger partial charge in [0.05, 0.1) is 4.90 Å². The van der Waals surface area contributed by atoms with E-state index in [4.69, 9.17) is 5.73 Å². The van der Waals surface area contributed by atoms with Crippen LogP contribution in [0.3, 0.4) is 0 Å². The smallest absolute Gasteiger partial charge is 0.242 e. The Hall–Kier alpha value is -0.630. The van der Waals surface area contributed by atoms with Gasteiger partial charge in [-0.15, -0.1) is 0 Å². The van der Waals surface area contributed by atoms with Gasteiger partial charge in [0, 0.05) is 36.3 Å². The van der Waals surface area contributed by atoms with Gasteiger partial charge in [-0.25, -0.2) is 13.1 Å². The van der Waals surface area contributed by atoms with Crippen molar-refractivity contribution in [3.05, 3.63) is 22.7 Å². The molecule has 0 aliphatic heterocycles. The van der Waals surface area contributed by atoms with Crippen LogP contribution in [0.5, 0.6) is 0 Å². The highest BCUT2D eigenvalue weighted by Gasteiger charge is 2.31. The zero-order chi connectivity index (χ0) is 16.3. The molecule has 0 atom stereocenters. The summed E-state index contributed by atoms with van der Waals surface area (Å²) in [6, 6.07) is 5.25. The SMILES string of the molecule is CCC(CC)(CN)NS(=O)(=O)c1cc(N(C)C)ccc1Br. The molecule has 0 spiro atoms. The molecule has 0 heterocycles. The maximum Gasteiger partial charge on any atom is 0.242 e. The van der Waals surface area contributed by atoms with E-state index in [-0.39, 0.29) is 11.4 Å². The number of benzene rings is 1. The lowest BCUT2D eigenvalue weighted by atomic mass is 9.95. The lowest BCUT2D eigenvalue weighted by molar-refractivity contribution is 0.363. The summed E-state index contributed by atoms with van der Waals surface area (Å²) in [5, 5.41) is 0. The molecule has 0 fully saturated rings. The van der Waals surface area contributed by atoms with Crippen molar-refractivity contribution >= 4 is 31.6 Å². The average molecular weight is 378 g/mol. The number of nitrogens with two attached hydrogens (primary N) is 1. The molecule has 0 bridgehead atoms. The highest BCUT2D eigenvalue weighted by Crippen LogP contribution is 2.28. The molecule has 7 heteroatoms. The second kappa shape index (κ2) is 7.09. The van der Waals surface area contributed by atoms with E-state index in [1.165, 1.54) is 0 Å². The standard InChI is InChI=1S/C14H24BrN3O2S/c1-5-14(6-2,10-16)17-21(19,20)13-9-11(18(3)4)7-8-12(13)15/h7-9,17H,5-6,10,16H2,1-4H3. The Labute approximate surface area is 136 Å². The van der Waals surface area contributed by atoms with E-state index < -0.39 is 15.6 Å². The van der Waals surface area contributed by atoms with E-state index in [1.54, 1.807) is 12.1 Å². The molecular weight excluding hydrogens is 354 g/mol. The second-order valence-corrected chi connectivity index (χ2v) is 7.81. The van der Waals surface area contributed by atoms with Crippen LogP contribution in [0.2, 0.25) is 0 Å². The minimum absolute atomic E-state index is 0.230. The predicted molar refractivity (Wildman–Crippen MR) is 91.2 cm³/mol. The highest BCUT2D eigenvalue weighted by atomic mass is 79.9. The topological polar surface area (TPSA) is 75.4 Å². The molecule has 0 amide bonds. The van der Waals surface area contributed by atoms with Crippen molar-refractivity contribution in [3.63, 3.8) is 0 Å². The Kier molecular flexibility index (Phi) is 6.22. The Bertz CT molecular complexity index is 576. The Morgan fingerprint density at radius 2 is 1.86 bits per heavy atom. The number of hydrogen-bond acceptors (Lipinski definition) is 4. The molecule has 1 aromatic carbocycles. The summed E-state index contributed by atoms with van der Waals surface area (Å²) >= 11 is 3.32. The van der Waals surface area contributed by atoms with E-state index in [1.807, 2.05) is 38.9 Å². The fraction of sp³-hybridized carbons (Fsp3) is 0.571. The third-order valence-corrected chi connectivity index (χ3v) is 6.39. The molecule has 21 heavy (non-hydrogen) atoms. The molecule has 1 rings (SSSR count).